The van der Waals surface area contributed by atoms with E-state index in [2.05, 4.69) is 25.4 Å². The number of phenols is 1. The lowest BCUT2D eigenvalue weighted by molar-refractivity contribution is -0.584. The van der Waals surface area contributed by atoms with Crippen molar-refractivity contribution in [3.63, 3.8) is 0 Å². The molecule has 0 spiro atoms. The quantitative estimate of drug-likeness (QED) is 0.136. The number of quaternary nitrogens is 1. The number of phenolic OH excluding ortho intramolecular Hbond substituents is 1. The first-order valence-corrected chi connectivity index (χ1v) is 12.2. The summed E-state index contributed by atoms with van der Waals surface area (Å²) in [4.78, 5) is 14.2. The molecular formula is C27H24F4N7O2+. The molecule has 13 heteroatoms. The minimum Gasteiger partial charge on any atom is -0.508 e. The lowest BCUT2D eigenvalue weighted by Gasteiger charge is -2.27. The third-order valence-corrected chi connectivity index (χ3v) is 5.97. The van der Waals surface area contributed by atoms with E-state index in [1.165, 1.54) is 30.0 Å². The lowest BCUT2D eigenvalue weighted by Crippen LogP contribution is -2.72. The zero-order valence-electron chi connectivity index (χ0n) is 20.9. The van der Waals surface area contributed by atoms with Gasteiger partial charge in [-0.3, -0.25) is 4.98 Å². The highest BCUT2D eigenvalue weighted by atomic mass is 19.4. The van der Waals surface area contributed by atoms with Gasteiger partial charge >= 0.3 is 12.1 Å². The second kappa shape index (κ2) is 11.6. The first-order valence-electron chi connectivity index (χ1n) is 12.2. The van der Waals surface area contributed by atoms with Gasteiger partial charge in [-0.05, 0) is 53.6 Å². The fraction of sp³-hybridized carbons (Fsp3) is 0.185. The van der Waals surface area contributed by atoms with Crippen LogP contribution in [0.4, 0.5) is 40.7 Å². The Kier molecular flexibility index (Phi) is 7.84. The third kappa shape index (κ3) is 6.68. The zero-order chi connectivity index (χ0) is 28.1. The van der Waals surface area contributed by atoms with Gasteiger partial charge in [0.15, 0.2) is 11.6 Å². The molecule has 9 nitrogen and oxygen atoms in total. The molecule has 0 bridgehead atoms. The highest BCUT2D eigenvalue weighted by molar-refractivity contribution is 5.77. The molecule has 1 fully saturated rings. The molecule has 2 aromatic heterocycles. The molecule has 0 saturated carbocycles. The van der Waals surface area contributed by atoms with Gasteiger partial charge in [0.2, 0.25) is 0 Å². The Balaban J connectivity index is 1.28. The molecule has 1 aliphatic rings. The number of nitrogens with one attached hydrogen (secondary N) is 1. The number of halogens is 4. The molecule has 3 heterocycles. The van der Waals surface area contributed by atoms with Crippen molar-refractivity contribution >= 4 is 29.4 Å². The van der Waals surface area contributed by atoms with Gasteiger partial charge in [-0.15, -0.1) is 0 Å². The molecule has 0 aliphatic carbocycles. The summed E-state index contributed by atoms with van der Waals surface area (Å²) in [6.07, 6.45) is -0.553. The summed E-state index contributed by atoms with van der Waals surface area (Å²) in [5, 5.41) is 16.9. The van der Waals surface area contributed by atoms with Crippen LogP contribution in [0, 0.1) is 5.82 Å². The Morgan fingerprint density at radius 3 is 2.52 bits per heavy atom. The fourth-order valence-corrected chi connectivity index (χ4v) is 4.05. The second-order valence-electron chi connectivity index (χ2n) is 8.85. The average Bonchev–Trinajstić information content (AvgIpc) is 2.95. The van der Waals surface area contributed by atoms with Gasteiger partial charge < -0.3 is 20.1 Å². The molecule has 40 heavy (non-hydrogen) atoms. The van der Waals surface area contributed by atoms with Crippen molar-refractivity contribution in [3.8, 4) is 16.9 Å². The third-order valence-electron chi connectivity index (χ3n) is 5.97. The number of anilines is 3. The Bertz CT molecular complexity index is 1510. The van der Waals surface area contributed by atoms with Crippen LogP contribution in [0.1, 0.15) is 11.3 Å². The maximum absolute atomic E-state index is 14.2. The van der Waals surface area contributed by atoms with Crippen LogP contribution in [-0.2, 0) is 10.9 Å². The summed E-state index contributed by atoms with van der Waals surface area (Å²) >= 11 is 0. The van der Waals surface area contributed by atoms with Gasteiger partial charge in [0.05, 0.1) is 42.6 Å². The first kappa shape index (κ1) is 27.0. The van der Waals surface area contributed by atoms with E-state index in [1.807, 2.05) is 0 Å². The Morgan fingerprint density at radius 2 is 1.80 bits per heavy atom. The SMILES string of the molecule is Oc1cccc(-c2cc(Nc3ccc(C=N[NH2+]c4ncc(F)c(N5CCOCC5)n4)nc3)cc(C(F)(F)F)c2)c1. The van der Waals surface area contributed by atoms with E-state index in [-0.39, 0.29) is 23.2 Å². The van der Waals surface area contributed by atoms with E-state index in [9.17, 15) is 22.7 Å². The van der Waals surface area contributed by atoms with Crippen molar-refractivity contribution in [2.75, 3.05) is 36.5 Å². The lowest BCUT2D eigenvalue weighted by atomic mass is 10.0. The zero-order valence-corrected chi connectivity index (χ0v) is 20.9. The van der Waals surface area contributed by atoms with Gasteiger partial charge in [-0.2, -0.15) is 28.6 Å². The highest BCUT2D eigenvalue weighted by Gasteiger charge is 2.31. The average molecular weight is 555 g/mol. The number of hydrogen-bond donors (Lipinski definition) is 3. The number of benzene rings is 2. The van der Waals surface area contributed by atoms with Gasteiger partial charge in [-0.25, -0.2) is 4.39 Å². The topological polar surface area (TPSA) is 112 Å². The maximum atomic E-state index is 14.2. The number of nitrogens with zero attached hydrogens (tertiary/aromatic N) is 5. The van der Waals surface area contributed by atoms with E-state index in [0.717, 1.165) is 18.3 Å². The number of hydrogen-bond acceptors (Lipinski definition) is 8. The number of morpholine rings is 1. The summed E-state index contributed by atoms with van der Waals surface area (Å²) in [7, 11) is 0. The number of nitrogens with two attached hydrogens (primary N) is 1. The summed E-state index contributed by atoms with van der Waals surface area (Å²) in [6.45, 7) is 2.03. The predicted octanol–water partition coefficient (Wildman–Crippen LogP) is 4.21. The van der Waals surface area contributed by atoms with Crippen molar-refractivity contribution < 1.29 is 32.8 Å². The van der Waals surface area contributed by atoms with Crippen LogP contribution in [0.3, 0.4) is 0 Å². The minimum atomic E-state index is -4.56. The van der Waals surface area contributed by atoms with Crippen LogP contribution >= 0.6 is 0 Å². The van der Waals surface area contributed by atoms with E-state index in [1.54, 1.807) is 35.2 Å². The molecule has 206 valence electrons. The molecule has 2 aromatic carbocycles. The highest BCUT2D eigenvalue weighted by Crippen LogP contribution is 2.36. The summed E-state index contributed by atoms with van der Waals surface area (Å²) < 4.78 is 60.2. The second-order valence-corrected chi connectivity index (χ2v) is 8.85. The van der Waals surface area contributed by atoms with E-state index in [4.69, 9.17) is 4.74 Å². The summed E-state index contributed by atoms with van der Waals surface area (Å²) in [5.41, 5.74) is 2.42. The van der Waals surface area contributed by atoms with E-state index >= 15 is 0 Å². The van der Waals surface area contributed by atoms with Crippen LogP contribution in [0.25, 0.3) is 11.1 Å². The molecule has 4 aromatic rings. The number of pyridine rings is 1. The van der Waals surface area contributed by atoms with Crippen LogP contribution in [0.2, 0.25) is 0 Å². The van der Waals surface area contributed by atoms with Crippen LogP contribution in [-0.4, -0.2) is 52.6 Å². The monoisotopic (exact) mass is 554 g/mol. The van der Waals surface area contributed by atoms with Crippen molar-refractivity contribution in [2.45, 2.75) is 6.18 Å². The Hall–Kier alpha value is -4.62. The van der Waals surface area contributed by atoms with Gasteiger partial charge in [0.25, 0.3) is 0 Å². The number of aromatic hydroxyl groups is 1. The standard InChI is InChI=1S/C27H23F4N7O2/c28-24-16-33-26(36-25(24)38-6-8-40-9-7-38)37-34-15-20-4-5-21(14-32-20)35-22-11-18(10-19(13-22)27(29,30)31)17-2-1-3-23(39)12-17/h1-5,10-16,35,39H,6-9H2,(H,33,36,37)/p+1. The number of ether oxygens (including phenoxy) is 1. The molecule has 4 N–H and O–H groups in total. The van der Waals surface area contributed by atoms with Crippen molar-refractivity contribution in [1.29, 1.82) is 0 Å². The van der Waals surface area contributed by atoms with E-state index in [0.29, 0.717) is 48.8 Å². The molecule has 0 unspecified atom stereocenters. The van der Waals surface area contributed by atoms with Crippen molar-refractivity contribution in [3.05, 3.63) is 84.1 Å². The maximum Gasteiger partial charge on any atom is 0.416 e. The summed E-state index contributed by atoms with van der Waals surface area (Å²) in [6, 6.07) is 12.9. The minimum absolute atomic E-state index is 0.0494. The number of rotatable bonds is 7. The molecule has 1 saturated heterocycles. The number of alkyl halides is 3. The normalized spacial score (nSPS) is 14.1. The largest absolute Gasteiger partial charge is 0.508 e. The van der Waals surface area contributed by atoms with Crippen molar-refractivity contribution in [2.24, 2.45) is 5.10 Å². The van der Waals surface area contributed by atoms with Crippen LogP contribution in [0.15, 0.2) is 72.1 Å². The Labute approximate surface area is 226 Å². The molecule has 5 rings (SSSR count). The molecule has 0 radical (unpaired) electrons. The number of aromatic nitrogens is 3. The van der Waals surface area contributed by atoms with Gasteiger partial charge in [0.1, 0.15) is 12.0 Å². The van der Waals surface area contributed by atoms with Crippen molar-refractivity contribution in [1.82, 2.24) is 15.0 Å². The predicted molar refractivity (Wildman–Crippen MR) is 140 cm³/mol. The molecule has 0 amide bonds. The van der Waals surface area contributed by atoms with Gasteiger partial charge in [0, 0.05) is 18.8 Å². The first-order chi connectivity index (χ1) is 19.2. The Morgan fingerprint density at radius 1 is 0.975 bits per heavy atom. The fourth-order valence-electron chi connectivity index (χ4n) is 4.05. The van der Waals surface area contributed by atoms with Crippen LogP contribution in [0.5, 0.6) is 5.75 Å². The molecule has 0 atom stereocenters. The summed E-state index contributed by atoms with van der Waals surface area (Å²) in [5.74, 6) is -0.158. The van der Waals surface area contributed by atoms with Crippen LogP contribution < -0.4 is 15.6 Å². The molecular weight excluding hydrogens is 530 g/mol. The van der Waals surface area contributed by atoms with E-state index < -0.39 is 17.6 Å². The van der Waals surface area contributed by atoms with Gasteiger partial charge in [-0.1, -0.05) is 17.2 Å². The smallest absolute Gasteiger partial charge is 0.416 e. The molecule has 1 aliphatic heterocycles.